The van der Waals surface area contributed by atoms with Gasteiger partial charge in [-0.25, -0.2) is 0 Å². The molecule has 1 fully saturated rings. The minimum absolute atomic E-state index is 0.417. The van der Waals surface area contributed by atoms with Crippen molar-refractivity contribution in [2.24, 2.45) is 11.7 Å². The molecular weight excluding hydrogens is 216 g/mol. The zero-order valence-electron chi connectivity index (χ0n) is 10.3. The van der Waals surface area contributed by atoms with Crippen LogP contribution < -0.4 is 5.73 Å². The van der Waals surface area contributed by atoms with Gasteiger partial charge in [0.25, 0.3) is 0 Å². The SMILES string of the molecule is Cc1ccsc1C(CN)N(C)CC1CCC1. The summed E-state index contributed by atoms with van der Waals surface area (Å²) in [4.78, 5) is 3.90. The molecule has 1 heterocycles. The second-order valence-corrected chi connectivity index (χ2v) is 5.90. The Morgan fingerprint density at radius 2 is 2.31 bits per heavy atom. The first kappa shape index (κ1) is 12.1. The lowest BCUT2D eigenvalue weighted by Crippen LogP contribution is -2.36. The van der Waals surface area contributed by atoms with E-state index >= 15 is 0 Å². The number of thiophene rings is 1. The van der Waals surface area contributed by atoms with E-state index in [1.807, 2.05) is 11.3 Å². The minimum atomic E-state index is 0.417. The zero-order chi connectivity index (χ0) is 11.5. The minimum Gasteiger partial charge on any atom is -0.329 e. The van der Waals surface area contributed by atoms with Crippen LogP contribution >= 0.6 is 11.3 Å². The Morgan fingerprint density at radius 1 is 1.56 bits per heavy atom. The van der Waals surface area contributed by atoms with Gasteiger partial charge < -0.3 is 5.73 Å². The third kappa shape index (κ3) is 2.47. The van der Waals surface area contributed by atoms with E-state index in [0.29, 0.717) is 6.04 Å². The monoisotopic (exact) mass is 238 g/mol. The van der Waals surface area contributed by atoms with Crippen molar-refractivity contribution in [3.05, 3.63) is 21.9 Å². The van der Waals surface area contributed by atoms with E-state index in [1.54, 1.807) is 0 Å². The first-order chi connectivity index (χ1) is 7.72. The van der Waals surface area contributed by atoms with Crippen LogP contribution in [0, 0.1) is 12.8 Å². The number of hydrogen-bond donors (Lipinski definition) is 1. The summed E-state index contributed by atoms with van der Waals surface area (Å²) in [6.07, 6.45) is 4.24. The van der Waals surface area contributed by atoms with E-state index in [-0.39, 0.29) is 0 Å². The molecule has 1 aliphatic rings. The molecule has 2 rings (SSSR count). The van der Waals surface area contributed by atoms with Crippen LogP contribution in [0.15, 0.2) is 11.4 Å². The van der Waals surface area contributed by atoms with Gasteiger partial charge >= 0.3 is 0 Å². The van der Waals surface area contributed by atoms with Gasteiger partial charge in [-0.3, -0.25) is 4.90 Å². The Morgan fingerprint density at radius 3 is 2.75 bits per heavy atom. The number of likely N-dealkylation sites (N-methyl/N-ethyl adjacent to an activating group) is 1. The standard InChI is InChI=1S/C13H22N2S/c1-10-6-7-16-13(10)12(8-14)15(2)9-11-4-3-5-11/h6-7,11-12H,3-5,8-9,14H2,1-2H3. The van der Waals surface area contributed by atoms with Crippen molar-refractivity contribution in [3.8, 4) is 0 Å². The van der Waals surface area contributed by atoms with Crippen molar-refractivity contribution in [1.82, 2.24) is 4.90 Å². The molecule has 0 radical (unpaired) electrons. The van der Waals surface area contributed by atoms with E-state index in [2.05, 4.69) is 30.3 Å². The molecule has 1 aromatic rings. The highest BCUT2D eigenvalue weighted by molar-refractivity contribution is 7.10. The highest BCUT2D eigenvalue weighted by Gasteiger charge is 2.24. The van der Waals surface area contributed by atoms with Gasteiger partial charge in [0, 0.05) is 18.0 Å². The number of rotatable bonds is 5. The third-order valence-electron chi connectivity index (χ3n) is 3.73. The van der Waals surface area contributed by atoms with Gasteiger partial charge in [-0.2, -0.15) is 0 Å². The lowest BCUT2D eigenvalue weighted by molar-refractivity contribution is 0.166. The van der Waals surface area contributed by atoms with Gasteiger partial charge in [-0.05, 0) is 49.7 Å². The van der Waals surface area contributed by atoms with Crippen LogP contribution in [0.4, 0.5) is 0 Å². The van der Waals surface area contributed by atoms with Crippen molar-refractivity contribution in [1.29, 1.82) is 0 Å². The maximum atomic E-state index is 5.93. The van der Waals surface area contributed by atoms with Crippen LogP contribution in [0.2, 0.25) is 0 Å². The molecule has 0 spiro atoms. The molecule has 1 unspecified atom stereocenters. The predicted molar refractivity (Wildman–Crippen MR) is 70.8 cm³/mol. The van der Waals surface area contributed by atoms with Crippen LogP contribution in [0.3, 0.4) is 0 Å². The van der Waals surface area contributed by atoms with Gasteiger partial charge in [-0.15, -0.1) is 11.3 Å². The molecule has 1 aliphatic carbocycles. The molecule has 1 saturated carbocycles. The van der Waals surface area contributed by atoms with E-state index in [9.17, 15) is 0 Å². The number of nitrogens with two attached hydrogens (primary N) is 1. The lowest BCUT2D eigenvalue weighted by atomic mass is 9.85. The summed E-state index contributed by atoms with van der Waals surface area (Å²) in [5.74, 6) is 0.916. The Balaban J connectivity index is 2.00. The Bertz CT molecular complexity index is 330. The topological polar surface area (TPSA) is 29.3 Å². The van der Waals surface area contributed by atoms with Gasteiger partial charge in [0.05, 0.1) is 6.04 Å². The van der Waals surface area contributed by atoms with E-state index < -0.39 is 0 Å². The molecule has 90 valence electrons. The Hall–Kier alpha value is -0.380. The number of aryl methyl sites for hydroxylation is 1. The summed E-state index contributed by atoms with van der Waals surface area (Å²) >= 11 is 1.84. The molecular formula is C13H22N2S. The Labute approximate surface area is 102 Å². The predicted octanol–water partition coefficient (Wildman–Crippen LogP) is 2.79. The fourth-order valence-corrected chi connectivity index (χ4v) is 3.53. The quantitative estimate of drug-likeness (QED) is 0.854. The number of nitrogens with zero attached hydrogens (tertiary/aromatic N) is 1. The van der Waals surface area contributed by atoms with Crippen molar-refractivity contribution in [2.75, 3.05) is 20.1 Å². The molecule has 1 aromatic heterocycles. The van der Waals surface area contributed by atoms with Crippen molar-refractivity contribution in [3.63, 3.8) is 0 Å². The molecule has 1 atom stereocenters. The third-order valence-corrected chi connectivity index (χ3v) is 4.85. The highest BCUT2D eigenvalue weighted by atomic mass is 32.1. The summed E-state index contributed by atoms with van der Waals surface area (Å²) in [5.41, 5.74) is 7.32. The van der Waals surface area contributed by atoms with E-state index in [4.69, 9.17) is 5.73 Å². The van der Waals surface area contributed by atoms with Gasteiger partial charge in [-0.1, -0.05) is 6.42 Å². The molecule has 0 aliphatic heterocycles. The van der Waals surface area contributed by atoms with Crippen molar-refractivity contribution < 1.29 is 0 Å². The van der Waals surface area contributed by atoms with E-state index in [1.165, 1.54) is 36.2 Å². The van der Waals surface area contributed by atoms with Crippen LogP contribution in [-0.4, -0.2) is 25.0 Å². The maximum absolute atomic E-state index is 5.93. The van der Waals surface area contributed by atoms with Crippen LogP contribution in [0.25, 0.3) is 0 Å². The first-order valence-electron chi connectivity index (χ1n) is 6.16. The zero-order valence-corrected chi connectivity index (χ0v) is 11.1. The second kappa shape index (κ2) is 5.30. The van der Waals surface area contributed by atoms with Crippen molar-refractivity contribution in [2.45, 2.75) is 32.2 Å². The molecule has 0 saturated heterocycles. The molecule has 16 heavy (non-hydrogen) atoms. The summed E-state index contributed by atoms with van der Waals surface area (Å²) in [6, 6.07) is 2.61. The van der Waals surface area contributed by atoms with Crippen LogP contribution in [-0.2, 0) is 0 Å². The van der Waals surface area contributed by atoms with Crippen LogP contribution in [0.1, 0.15) is 35.7 Å². The Kier molecular flexibility index (Phi) is 4.00. The van der Waals surface area contributed by atoms with Crippen molar-refractivity contribution >= 4 is 11.3 Å². The molecule has 2 N–H and O–H groups in total. The van der Waals surface area contributed by atoms with Crippen LogP contribution in [0.5, 0.6) is 0 Å². The fourth-order valence-electron chi connectivity index (χ4n) is 2.42. The summed E-state index contributed by atoms with van der Waals surface area (Å²) < 4.78 is 0. The average molecular weight is 238 g/mol. The first-order valence-corrected chi connectivity index (χ1v) is 7.04. The fraction of sp³-hybridized carbons (Fsp3) is 0.692. The average Bonchev–Trinajstić information content (AvgIpc) is 2.60. The second-order valence-electron chi connectivity index (χ2n) is 4.96. The van der Waals surface area contributed by atoms with Gasteiger partial charge in [0.2, 0.25) is 0 Å². The molecule has 0 amide bonds. The summed E-state index contributed by atoms with van der Waals surface area (Å²) in [7, 11) is 2.22. The molecule has 2 nitrogen and oxygen atoms in total. The van der Waals surface area contributed by atoms with Gasteiger partial charge in [0.1, 0.15) is 0 Å². The molecule has 0 aromatic carbocycles. The smallest absolute Gasteiger partial charge is 0.0564 e. The van der Waals surface area contributed by atoms with E-state index in [0.717, 1.165) is 12.5 Å². The number of hydrogen-bond acceptors (Lipinski definition) is 3. The largest absolute Gasteiger partial charge is 0.329 e. The normalized spacial score (nSPS) is 18.8. The highest BCUT2D eigenvalue weighted by Crippen LogP contribution is 2.32. The summed E-state index contributed by atoms with van der Waals surface area (Å²) in [6.45, 7) is 4.12. The van der Waals surface area contributed by atoms with Gasteiger partial charge in [0.15, 0.2) is 0 Å². The molecule has 3 heteroatoms. The maximum Gasteiger partial charge on any atom is 0.0564 e. The summed E-state index contributed by atoms with van der Waals surface area (Å²) in [5, 5.41) is 2.17. The lowest BCUT2D eigenvalue weighted by Gasteiger charge is -2.34. The molecule has 0 bridgehead atoms.